The molecular formula is C43H49FN6O4S. The van der Waals surface area contributed by atoms with Gasteiger partial charge in [0.2, 0.25) is 0 Å². The number of aromatic nitrogens is 4. The highest BCUT2D eigenvalue weighted by Gasteiger charge is 2.48. The summed E-state index contributed by atoms with van der Waals surface area (Å²) in [5.74, 6) is 2.29. The minimum atomic E-state index is -0.561. The topological polar surface area (TPSA) is 94.8 Å². The van der Waals surface area contributed by atoms with Crippen LogP contribution in [0.4, 0.5) is 15.0 Å². The van der Waals surface area contributed by atoms with Crippen molar-refractivity contribution in [1.82, 2.24) is 24.6 Å². The highest BCUT2D eigenvalue weighted by Crippen LogP contribution is 2.54. The Kier molecular flexibility index (Phi) is 9.39. The molecule has 2 aromatic heterocycles. The zero-order chi connectivity index (χ0) is 38.0. The average molecular weight is 765 g/mol. The molecule has 1 amide bonds. The lowest BCUT2D eigenvalue weighted by Crippen LogP contribution is -2.50. The van der Waals surface area contributed by atoms with Gasteiger partial charge in [-0.25, -0.2) is 23.8 Å². The molecule has 4 fully saturated rings. The maximum absolute atomic E-state index is 16.4. The van der Waals surface area contributed by atoms with E-state index < -0.39 is 5.60 Å². The van der Waals surface area contributed by atoms with Gasteiger partial charge in [0.15, 0.2) is 17.1 Å². The Morgan fingerprint density at radius 1 is 1.02 bits per heavy atom. The molecule has 5 aromatic rings. The van der Waals surface area contributed by atoms with Gasteiger partial charge in [0.1, 0.15) is 29.4 Å². The Bertz CT molecular complexity index is 2270. The molecule has 288 valence electrons. The SMILES string of the molecule is CCSc1nc(N2C[C@@H]3C[C@H]2CN3C(=O)OC(C)(C)C)c2cc(C3CC3)c(-c3c(C)c(F)cc4c3cnn4C3CCCCO3)c(OCc3ccccc3)c2n1. The number of carbonyl (C=O) groups excluding carboxylic acids is 1. The molecule has 3 atom stereocenters. The van der Waals surface area contributed by atoms with Gasteiger partial charge in [-0.1, -0.05) is 49.0 Å². The third-order valence-electron chi connectivity index (χ3n) is 11.4. The first-order valence-corrected chi connectivity index (χ1v) is 20.8. The second kappa shape index (κ2) is 14.3. The number of hydrogen-bond acceptors (Lipinski definition) is 9. The third kappa shape index (κ3) is 6.79. The zero-order valence-electron chi connectivity index (χ0n) is 32.3. The van der Waals surface area contributed by atoms with Gasteiger partial charge in [0.25, 0.3) is 0 Å². The fourth-order valence-electron chi connectivity index (χ4n) is 8.67. The van der Waals surface area contributed by atoms with E-state index in [-0.39, 0.29) is 36.1 Å². The minimum Gasteiger partial charge on any atom is -0.486 e. The number of halogens is 1. The molecule has 55 heavy (non-hydrogen) atoms. The van der Waals surface area contributed by atoms with Gasteiger partial charge in [-0.15, -0.1) is 0 Å². The molecule has 3 aromatic carbocycles. The largest absolute Gasteiger partial charge is 0.486 e. The third-order valence-corrected chi connectivity index (χ3v) is 12.1. The molecule has 12 heteroatoms. The van der Waals surface area contributed by atoms with E-state index in [1.165, 1.54) is 0 Å². The molecule has 3 saturated heterocycles. The van der Waals surface area contributed by atoms with Crippen LogP contribution >= 0.6 is 11.8 Å². The van der Waals surface area contributed by atoms with Crippen LogP contribution in [-0.2, 0) is 16.1 Å². The van der Waals surface area contributed by atoms with Crippen LogP contribution in [0.5, 0.6) is 5.75 Å². The van der Waals surface area contributed by atoms with E-state index in [4.69, 9.17) is 29.3 Å². The second-order valence-electron chi connectivity index (χ2n) is 16.4. The normalized spacial score (nSPS) is 21.2. The lowest BCUT2D eigenvalue weighted by molar-refractivity contribution is -0.0366. The number of nitrogens with zero attached hydrogens (tertiary/aromatic N) is 6. The quantitative estimate of drug-likeness (QED) is 0.107. The molecular weight excluding hydrogens is 716 g/mol. The zero-order valence-corrected chi connectivity index (χ0v) is 33.1. The molecule has 4 aliphatic rings. The summed E-state index contributed by atoms with van der Waals surface area (Å²) in [5.41, 5.74) is 5.24. The number of thioether (sulfide) groups is 1. The lowest BCUT2D eigenvalue weighted by Gasteiger charge is -2.36. The van der Waals surface area contributed by atoms with Crippen LogP contribution in [0.25, 0.3) is 32.9 Å². The number of fused-ring (bicyclic) bond motifs is 4. The van der Waals surface area contributed by atoms with E-state index in [0.717, 1.165) is 83.1 Å². The maximum atomic E-state index is 16.4. The Labute approximate surface area is 325 Å². The molecule has 9 rings (SSSR count). The smallest absolute Gasteiger partial charge is 0.410 e. The monoisotopic (exact) mass is 764 g/mol. The lowest BCUT2D eigenvalue weighted by atomic mass is 9.88. The van der Waals surface area contributed by atoms with Crippen LogP contribution in [0.15, 0.2) is 53.8 Å². The highest BCUT2D eigenvalue weighted by molar-refractivity contribution is 7.99. The van der Waals surface area contributed by atoms with Crippen molar-refractivity contribution in [3.63, 3.8) is 0 Å². The average Bonchev–Trinajstić information content (AvgIpc) is 3.61. The van der Waals surface area contributed by atoms with E-state index in [9.17, 15) is 4.79 Å². The van der Waals surface area contributed by atoms with E-state index >= 15 is 4.39 Å². The van der Waals surface area contributed by atoms with Gasteiger partial charge >= 0.3 is 6.09 Å². The van der Waals surface area contributed by atoms with Crippen molar-refractivity contribution in [1.29, 1.82) is 0 Å². The number of benzene rings is 3. The van der Waals surface area contributed by atoms with Gasteiger partial charge in [0.05, 0.1) is 23.8 Å². The van der Waals surface area contributed by atoms with Crippen molar-refractivity contribution in [2.24, 2.45) is 0 Å². The predicted molar refractivity (Wildman–Crippen MR) is 213 cm³/mol. The van der Waals surface area contributed by atoms with Crippen LogP contribution in [0.1, 0.15) is 95.1 Å². The number of ether oxygens (including phenoxy) is 3. The van der Waals surface area contributed by atoms with E-state index in [1.54, 1.807) is 17.8 Å². The Morgan fingerprint density at radius 3 is 2.53 bits per heavy atom. The summed E-state index contributed by atoms with van der Waals surface area (Å²) in [6, 6.07) is 14.1. The summed E-state index contributed by atoms with van der Waals surface area (Å²) in [4.78, 5) is 28.0. The van der Waals surface area contributed by atoms with Crippen molar-refractivity contribution in [3.8, 4) is 16.9 Å². The van der Waals surface area contributed by atoms with Crippen LogP contribution in [-0.4, -0.2) is 73.9 Å². The summed E-state index contributed by atoms with van der Waals surface area (Å²) >= 11 is 1.59. The molecule has 0 N–H and O–H groups in total. The van der Waals surface area contributed by atoms with Gasteiger partial charge in [-0.05, 0) is 101 Å². The number of rotatable bonds is 9. The number of amides is 1. The number of hydrogen-bond donors (Lipinski definition) is 0. The summed E-state index contributed by atoms with van der Waals surface area (Å²) in [5, 5.41) is 7.29. The van der Waals surface area contributed by atoms with E-state index in [2.05, 4.69) is 30.0 Å². The molecule has 3 aliphatic heterocycles. The molecule has 1 unspecified atom stereocenters. The Hall–Kier alpha value is -4.42. The molecule has 1 saturated carbocycles. The van der Waals surface area contributed by atoms with Crippen LogP contribution in [0.3, 0.4) is 0 Å². The van der Waals surface area contributed by atoms with Crippen molar-refractivity contribution in [2.45, 2.75) is 115 Å². The van der Waals surface area contributed by atoms with Crippen molar-refractivity contribution >= 4 is 45.5 Å². The summed E-state index contributed by atoms with van der Waals surface area (Å²) < 4.78 is 37.2. The van der Waals surface area contributed by atoms with E-state index in [1.807, 2.05) is 61.7 Å². The van der Waals surface area contributed by atoms with Crippen LogP contribution in [0.2, 0.25) is 0 Å². The standard InChI is InChI=1S/C43H49FN6O4S/c1-6-55-41-46-38-31(40(47-41)48-22-29-18-28(48)23-49(29)42(51)54-43(3,4)5)19-30(27-15-16-27)37(39(38)53-24-26-12-8-7-9-13-26)36-25(2)33(44)20-34-32(36)21-45-50(34)35-14-10-11-17-52-35/h7-9,12-13,19-21,27-29,35H,6,10-11,14-18,22-24H2,1-5H3/t28-,29-,35?/m0/s1. The van der Waals surface area contributed by atoms with Gasteiger partial charge in [0, 0.05) is 47.7 Å². The molecule has 0 radical (unpaired) electrons. The van der Waals surface area contributed by atoms with Crippen molar-refractivity contribution in [3.05, 3.63) is 71.2 Å². The number of likely N-dealkylation sites (tertiary alicyclic amines) is 1. The predicted octanol–water partition coefficient (Wildman–Crippen LogP) is 9.56. The fraction of sp³-hybridized carbons (Fsp3) is 0.488. The number of carbonyl (C=O) groups is 1. The highest BCUT2D eigenvalue weighted by atomic mass is 32.2. The molecule has 1 aliphatic carbocycles. The molecule has 5 heterocycles. The minimum absolute atomic E-state index is 0.0241. The molecule has 2 bridgehead atoms. The summed E-state index contributed by atoms with van der Waals surface area (Å²) in [7, 11) is 0. The number of anilines is 1. The number of piperazine rings is 1. The van der Waals surface area contributed by atoms with Gasteiger partial charge < -0.3 is 24.0 Å². The second-order valence-corrected chi connectivity index (χ2v) is 17.6. The first-order chi connectivity index (χ1) is 26.6. The first-order valence-electron chi connectivity index (χ1n) is 19.8. The first kappa shape index (κ1) is 36.2. The summed E-state index contributed by atoms with van der Waals surface area (Å²) in [6.07, 6.45) is 7.18. The molecule has 0 spiro atoms. The molecule has 10 nitrogen and oxygen atoms in total. The Balaban J connectivity index is 1.24. The van der Waals surface area contributed by atoms with Crippen LogP contribution < -0.4 is 9.64 Å². The maximum Gasteiger partial charge on any atom is 0.410 e. The van der Waals surface area contributed by atoms with Gasteiger partial charge in [-0.3, -0.25) is 0 Å². The summed E-state index contributed by atoms with van der Waals surface area (Å²) in [6.45, 7) is 11.9. The van der Waals surface area contributed by atoms with E-state index in [0.29, 0.717) is 53.8 Å². The van der Waals surface area contributed by atoms with Crippen LogP contribution in [0, 0.1) is 12.7 Å². The fourth-order valence-corrected chi connectivity index (χ4v) is 9.24. The van der Waals surface area contributed by atoms with Gasteiger partial charge in [-0.2, -0.15) is 5.10 Å². The van der Waals surface area contributed by atoms with Crippen molar-refractivity contribution in [2.75, 3.05) is 30.3 Å². The Morgan fingerprint density at radius 2 is 1.84 bits per heavy atom. The van der Waals surface area contributed by atoms with Crippen molar-refractivity contribution < 1.29 is 23.4 Å².